The summed E-state index contributed by atoms with van der Waals surface area (Å²) in [5, 5.41) is 11.4. The van der Waals surface area contributed by atoms with E-state index in [2.05, 4.69) is 42.1 Å². The Morgan fingerprint density at radius 1 is 1.41 bits per heavy atom. The molecular formula is C13H21N3O. The van der Waals surface area contributed by atoms with Gasteiger partial charge < -0.3 is 15.8 Å². The van der Waals surface area contributed by atoms with Crippen LogP contribution >= 0.6 is 0 Å². The van der Waals surface area contributed by atoms with Crippen LogP contribution in [0.15, 0.2) is 29.4 Å². The Balaban J connectivity index is 2.58. The molecule has 0 bridgehead atoms. The van der Waals surface area contributed by atoms with E-state index in [1.54, 1.807) is 0 Å². The molecule has 0 radical (unpaired) electrons. The lowest BCUT2D eigenvalue weighted by atomic mass is 10.1. The minimum atomic E-state index is 0.297. The van der Waals surface area contributed by atoms with Crippen molar-refractivity contribution in [3.63, 3.8) is 0 Å². The summed E-state index contributed by atoms with van der Waals surface area (Å²) in [6, 6.07) is 8.33. The van der Waals surface area contributed by atoms with Crippen LogP contribution in [0.5, 0.6) is 0 Å². The van der Waals surface area contributed by atoms with E-state index >= 15 is 0 Å². The maximum atomic E-state index is 8.47. The topological polar surface area (TPSA) is 61.8 Å². The molecular weight excluding hydrogens is 214 g/mol. The molecule has 1 aromatic rings. The van der Waals surface area contributed by atoms with Gasteiger partial charge in [0.2, 0.25) is 0 Å². The minimum absolute atomic E-state index is 0.297. The van der Waals surface area contributed by atoms with Gasteiger partial charge in [-0.2, -0.15) is 0 Å². The van der Waals surface area contributed by atoms with Crippen LogP contribution in [-0.2, 0) is 0 Å². The van der Waals surface area contributed by atoms with E-state index < -0.39 is 0 Å². The fourth-order valence-electron chi connectivity index (χ4n) is 1.87. The highest BCUT2D eigenvalue weighted by molar-refractivity contribution is 5.79. The SMILES string of the molecule is CCN(CCC/C(N)=N/O)c1ccccc1C. The van der Waals surface area contributed by atoms with E-state index in [1.807, 2.05) is 6.07 Å². The predicted molar refractivity (Wildman–Crippen MR) is 71.7 cm³/mol. The zero-order valence-electron chi connectivity index (χ0n) is 10.6. The second kappa shape index (κ2) is 6.78. The number of amidine groups is 1. The molecule has 0 saturated carbocycles. The van der Waals surface area contributed by atoms with Crippen LogP contribution < -0.4 is 10.6 Å². The third-order valence-corrected chi connectivity index (χ3v) is 2.83. The highest BCUT2D eigenvalue weighted by Gasteiger charge is 2.06. The number of rotatable bonds is 6. The van der Waals surface area contributed by atoms with Gasteiger partial charge in [0.25, 0.3) is 0 Å². The van der Waals surface area contributed by atoms with Gasteiger partial charge in [0.05, 0.1) is 0 Å². The van der Waals surface area contributed by atoms with Crippen molar-refractivity contribution in [1.29, 1.82) is 0 Å². The van der Waals surface area contributed by atoms with E-state index in [0.717, 1.165) is 19.5 Å². The van der Waals surface area contributed by atoms with Gasteiger partial charge >= 0.3 is 0 Å². The summed E-state index contributed by atoms with van der Waals surface area (Å²) < 4.78 is 0. The summed E-state index contributed by atoms with van der Waals surface area (Å²) in [5.41, 5.74) is 7.99. The third-order valence-electron chi connectivity index (χ3n) is 2.83. The van der Waals surface area contributed by atoms with Crippen molar-refractivity contribution in [3.8, 4) is 0 Å². The van der Waals surface area contributed by atoms with Crippen LogP contribution in [0, 0.1) is 6.92 Å². The number of hydrogen-bond acceptors (Lipinski definition) is 3. The molecule has 0 unspecified atom stereocenters. The van der Waals surface area contributed by atoms with Crippen LogP contribution in [0.4, 0.5) is 5.69 Å². The molecule has 0 aliphatic carbocycles. The van der Waals surface area contributed by atoms with Crippen LogP contribution in [-0.4, -0.2) is 24.1 Å². The van der Waals surface area contributed by atoms with Crippen molar-refractivity contribution >= 4 is 11.5 Å². The van der Waals surface area contributed by atoms with E-state index in [1.165, 1.54) is 11.3 Å². The molecule has 0 spiro atoms. The van der Waals surface area contributed by atoms with Crippen molar-refractivity contribution in [2.75, 3.05) is 18.0 Å². The number of para-hydroxylation sites is 1. The van der Waals surface area contributed by atoms with E-state index in [9.17, 15) is 0 Å². The van der Waals surface area contributed by atoms with Gasteiger partial charge in [-0.1, -0.05) is 23.4 Å². The fraction of sp³-hybridized carbons (Fsp3) is 0.462. The Bertz CT molecular complexity index is 377. The van der Waals surface area contributed by atoms with Crippen molar-refractivity contribution in [2.45, 2.75) is 26.7 Å². The van der Waals surface area contributed by atoms with Crippen molar-refractivity contribution < 1.29 is 5.21 Å². The first-order valence-corrected chi connectivity index (χ1v) is 5.96. The largest absolute Gasteiger partial charge is 0.409 e. The zero-order valence-corrected chi connectivity index (χ0v) is 10.6. The van der Waals surface area contributed by atoms with Crippen molar-refractivity contribution in [1.82, 2.24) is 0 Å². The average Bonchev–Trinajstić information content (AvgIpc) is 2.35. The van der Waals surface area contributed by atoms with Gasteiger partial charge in [-0.05, 0) is 31.9 Å². The van der Waals surface area contributed by atoms with Gasteiger partial charge in [-0.3, -0.25) is 0 Å². The van der Waals surface area contributed by atoms with Crippen LogP contribution in [0.3, 0.4) is 0 Å². The summed E-state index contributed by atoms with van der Waals surface area (Å²) in [5.74, 6) is 0.297. The summed E-state index contributed by atoms with van der Waals surface area (Å²) >= 11 is 0. The monoisotopic (exact) mass is 235 g/mol. The van der Waals surface area contributed by atoms with E-state index in [4.69, 9.17) is 10.9 Å². The van der Waals surface area contributed by atoms with Crippen LogP contribution in [0.2, 0.25) is 0 Å². The quantitative estimate of drug-likeness (QED) is 0.344. The third kappa shape index (κ3) is 3.98. The zero-order chi connectivity index (χ0) is 12.7. The number of aryl methyl sites for hydroxylation is 1. The molecule has 17 heavy (non-hydrogen) atoms. The van der Waals surface area contributed by atoms with Crippen LogP contribution in [0.1, 0.15) is 25.3 Å². The summed E-state index contributed by atoms with van der Waals surface area (Å²) in [4.78, 5) is 2.31. The molecule has 0 amide bonds. The molecule has 4 heteroatoms. The Hall–Kier alpha value is -1.71. The molecule has 1 aromatic carbocycles. The maximum absolute atomic E-state index is 8.47. The second-order valence-corrected chi connectivity index (χ2v) is 4.06. The summed E-state index contributed by atoms with van der Waals surface area (Å²) in [6.45, 7) is 6.12. The molecule has 1 rings (SSSR count). The standard InChI is InChI=1S/C13H21N3O/c1-3-16(10-6-9-13(14)15-17)12-8-5-4-7-11(12)2/h4-5,7-8,17H,3,6,9-10H2,1-2H3,(H2,14,15). The molecule has 0 heterocycles. The molecule has 0 saturated heterocycles. The molecule has 4 nitrogen and oxygen atoms in total. The number of anilines is 1. The minimum Gasteiger partial charge on any atom is -0.409 e. The second-order valence-electron chi connectivity index (χ2n) is 4.06. The van der Waals surface area contributed by atoms with Gasteiger partial charge in [0, 0.05) is 25.2 Å². The number of nitrogens with two attached hydrogens (primary N) is 1. The molecule has 3 N–H and O–H groups in total. The Morgan fingerprint density at radius 3 is 2.71 bits per heavy atom. The number of oxime groups is 1. The first-order valence-electron chi connectivity index (χ1n) is 5.96. The van der Waals surface area contributed by atoms with Gasteiger partial charge in [0.1, 0.15) is 5.84 Å². The number of benzene rings is 1. The van der Waals surface area contributed by atoms with E-state index in [-0.39, 0.29) is 0 Å². The number of hydrogen-bond donors (Lipinski definition) is 2. The van der Waals surface area contributed by atoms with Gasteiger partial charge in [0.15, 0.2) is 0 Å². The lowest BCUT2D eigenvalue weighted by molar-refractivity contribution is 0.316. The summed E-state index contributed by atoms with van der Waals surface area (Å²) in [7, 11) is 0. The first-order chi connectivity index (χ1) is 8.19. The molecule has 0 aliphatic heterocycles. The van der Waals surface area contributed by atoms with Crippen molar-refractivity contribution in [2.24, 2.45) is 10.9 Å². The number of nitrogens with zero attached hydrogens (tertiary/aromatic N) is 2. The highest BCUT2D eigenvalue weighted by Crippen LogP contribution is 2.19. The molecule has 0 atom stereocenters. The van der Waals surface area contributed by atoms with Crippen LogP contribution in [0.25, 0.3) is 0 Å². The Morgan fingerprint density at radius 2 is 2.12 bits per heavy atom. The lowest BCUT2D eigenvalue weighted by Crippen LogP contribution is -2.26. The maximum Gasteiger partial charge on any atom is 0.139 e. The van der Waals surface area contributed by atoms with Gasteiger partial charge in [-0.25, -0.2) is 0 Å². The molecule has 0 fully saturated rings. The average molecular weight is 235 g/mol. The Kier molecular flexibility index (Phi) is 5.33. The molecule has 94 valence electrons. The van der Waals surface area contributed by atoms with E-state index in [0.29, 0.717) is 12.3 Å². The fourth-order valence-corrected chi connectivity index (χ4v) is 1.87. The lowest BCUT2D eigenvalue weighted by Gasteiger charge is -2.24. The smallest absolute Gasteiger partial charge is 0.139 e. The summed E-state index contributed by atoms with van der Waals surface area (Å²) in [6.07, 6.45) is 1.51. The van der Waals surface area contributed by atoms with Crippen molar-refractivity contribution in [3.05, 3.63) is 29.8 Å². The van der Waals surface area contributed by atoms with Gasteiger partial charge in [-0.15, -0.1) is 0 Å². The molecule has 0 aliphatic rings. The first kappa shape index (κ1) is 13.4. The molecule has 0 aromatic heterocycles. The Labute approximate surface area is 103 Å². The highest BCUT2D eigenvalue weighted by atomic mass is 16.4. The normalized spacial score (nSPS) is 11.5. The predicted octanol–water partition coefficient (Wildman–Crippen LogP) is 2.35.